The average Bonchev–Trinajstić information content (AvgIpc) is 2.89. The zero-order valence-corrected chi connectivity index (χ0v) is 21.0. The lowest BCUT2D eigenvalue weighted by Gasteiger charge is -2.13. The Morgan fingerprint density at radius 1 is 0.947 bits per heavy atom. The van der Waals surface area contributed by atoms with Gasteiger partial charge >= 0.3 is 6.18 Å². The highest BCUT2D eigenvalue weighted by atomic mass is 32.2. The van der Waals surface area contributed by atoms with Crippen molar-refractivity contribution in [1.82, 2.24) is 19.5 Å². The number of methoxy groups -OCH3 is 2. The molecule has 0 saturated carbocycles. The quantitative estimate of drug-likeness (QED) is 0.307. The number of halogens is 3. The molecule has 3 heterocycles. The summed E-state index contributed by atoms with van der Waals surface area (Å²) >= 11 is 0. The third-order valence-corrected chi connectivity index (χ3v) is 6.89. The number of aromatic nitrogens is 4. The highest BCUT2D eigenvalue weighted by Gasteiger charge is 2.35. The topological polar surface area (TPSA) is 113 Å². The van der Waals surface area contributed by atoms with E-state index in [1.165, 1.54) is 55.6 Å². The second-order valence-electron chi connectivity index (χ2n) is 8.11. The van der Waals surface area contributed by atoms with E-state index in [-0.39, 0.29) is 23.4 Å². The van der Waals surface area contributed by atoms with E-state index in [1.54, 1.807) is 18.2 Å². The molecule has 1 aromatic carbocycles. The molecule has 0 unspecified atom stereocenters. The van der Waals surface area contributed by atoms with Crippen molar-refractivity contribution in [3.8, 4) is 22.8 Å². The van der Waals surface area contributed by atoms with E-state index in [0.29, 0.717) is 23.1 Å². The van der Waals surface area contributed by atoms with Crippen molar-refractivity contribution >= 4 is 9.84 Å². The first-order valence-electron chi connectivity index (χ1n) is 11.0. The van der Waals surface area contributed by atoms with Crippen LogP contribution in [-0.2, 0) is 28.3 Å². The second-order valence-corrected chi connectivity index (χ2v) is 10.00. The molecule has 0 aliphatic carbocycles. The summed E-state index contributed by atoms with van der Waals surface area (Å²) in [7, 11) is -1.42. The zero-order chi connectivity index (χ0) is 27.5. The molecule has 0 fully saturated rings. The lowest BCUT2D eigenvalue weighted by atomic mass is 10.1. The number of nitrogens with zero attached hydrogens (tertiary/aromatic N) is 4. The van der Waals surface area contributed by atoms with Gasteiger partial charge < -0.3 is 14.0 Å². The van der Waals surface area contributed by atoms with Crippen molar-refractivity contribution in [3.05, 3.63) is 94.3 Å². The van der Waals surface area contributed by atoms with Crippen LogP contribution in [0.3, 0.4) is 0 Å². The molecule has 38 heavy (non-hydrogen) atoms. The Kier molecular flexibility index (Phi) is 7.49. The van der Waals surface area contributed by atoms with Crippen molar-refractivity contribution in [3.63, 3.8) is 0 Å². The summed E-state index contributed by atoms with van der Waals surface area (Å²) in [5.41, 5.74) is -1.16. The van der Waals surface area contributed by atoms with Gasteiger partial charge in [-0.2, -0.15) is 13.2 Å². The highest BCUT2D eigenvalue weighted by molar-refractivity contribution is 7.90. The summed E-state index contributed by atoms with van der Waals surface area (Å²) in [6.07, 6.45) is -0.911. The van der Waals surface area contributed by atoms with E-state index in [4.69, 9.17) is 9.47 Å². The number of ether oxygens (including phenoxy) is 2. The minimum absolute atomic E-state index is 0.0520. The van der Waals surface area contributed by atoms with Crippen LogP contribution >= 0.6 is 0 Å². The lowest BCUT2D eigenvalue weighted by molar-refractivity contribution is -0.141. The van der Waals surface area contributed by atoms with E-state index in [2.05, 4.69) is 15.0 Å². The van der Waals surface area contributed by atoms with Crippen LogP contribution in [0.1, 0.15) is 16.8 Å². The molecule has 0 aliphatic heterocycles. The minimum atomic E-state index is -4.94. The molecule has 0 aliphatic rings. The van der Waals surface area contributed by atoms with Crippen LogP contribution in [0.2, 0.25) is 0 Å². The van der Waals surface area contributed by atoms with Gasteiger partial charge in [0, 0.05) is 30.2 Å². The molecule has 0 amide bonds. The Balaban J connectivity index is 1.76. The van der Waals surface area contributed by atoms with Gasteiger partial charge in [-0.15, -0.1) is 0 Å². The first-order valence-corrected chi connectivity index (χ1v) is 12.6. The fourth-order valence-corrected chi connectivity index (χ4v) is 4.82. The third kappa shape index (κ3) is 5.99. The molecule has 198 valence electrons. The van der Waals surface area contributed by atoms with E-state index >= 15 is 0 Å². The maximum atomic E-state index is 13.7. The maximum Gasteiger partial charge on any atom is 0.433 e. The fourth-order valence-electron chi connectivity index (χ4n) is 3.61. The van der Waals surface area contributed by atoms with Crippen LogP contribution in [0.25, 0.3) is 11.3 Å². The zero-order valence-electron chi connectivity index (χ0n) is 20.1. The second kappa shape index (κ2) is 10.6. The van der Waals surface area contributed by atoms with Gasteiger partial charge in [-0.05, 0) is 41.5 Å². The van der Waals surface area contributed by atoms with Gasteiger partial charge in [-0.25, -0.2) is 18.4 Å². The number of rotatable bonds is 8. The number of sulfone groups is 1. The molecular weight excluding hydrogens is 525 g/mol. The van der Waals surface area contributed by atoms with Gasteiger partial charge in [0.1, 0.15) is 5.69 Å². The number of hydrogen-bond acceptors (Lipinski definition) is 8. The van der Waals surface area contributed by atoms with Crippen LogP contribution < -0.4 is 15.0 Å². The van der Waals surface area contributed by atoms with Gasteiger partial charge in [0.15, 0.2) is 11.5 Å². The predicted octanol–water partition coefficient (Wildman–Crippen LogP) is 3.76. The predicted molar refractivity (Wildman–Crippen MR) is 131 cm³/mol. The molecule has 0 spiro atoms. The standard InChI is InChI=1S/C25H21F3N4O5S/c1-36-20-7-5-16(10-21(20)37-2)13-32-14-18(6-8-23(32)33)19-11-22(25(26,27)28)31-24(30-19)38(34,35)15-17-4-3-9-29-12-17/h3-12,14H,13,15H2,1-2H3. The van der Waals surface area contributed by atoms with E-state index in [9.17, 15) is 26.4 Å². The molecule has 4 aromatic rings. The van der Waals surface area contributed by atoms with Crippen LogP contribution in [-0.4, -0.2) is 42.2 Å². The van der Waals surface area contributed by atoms with Gasteiger partial charge in [0.05, 0.1) is 32.2 Å². The Morgan fingerprint density at radius 3 is 2.37 bits per heavy atom. The average molecular weight is 547 g/mol. The Labute approximate surface area is 215 Å². The normalized spacial score (nSPS) is 11.8. The Bertz CT molecular complexity index is 1620. The highest BCUT2D eigenvalue weighted by Crippen LogP contribution is 2.32. The summed E-state index contributed by atoms with van der Waals surface area (Å²) in [6.45, 7) is 0.0520. The van der Waals surface area contributed by atoms with E-state index in [0.717, 1.165) is 6.07 Å². The molecule has 13 heteroatoms. The molecular formula is C25H21F3N4O5S. The van der Waals surface area contributed by atoms with Crippen LogP contribution in [0.15, 0.2) is 77.1 Å². The molecule has 0 saturated heterocycles. The van der Waals surface area contributed by atoms with Crippen LogP contribution in [0.5, 0.6) is 11.5 Å². The molecule has 0 N–H and O–H groups in total. The first kappa shape index (κ1) is 26.8. The molecule has 3 aromatic heterocycles. The fraction of sp³-hybridized carbons (Fsp3) is 0.200. The van der Waals surface area contributed by atoms with Crippen molar-refractivity contribution in [2.45, 2.75) is 23.6 Å². The Morgan fingerprint density at radius 2 is 1.71 bits per heavy atom. The van der Waals surface area contributed by atoms with Crippen molar-refractivity contribution in [2.75, 3.05) is 14.2 Å². The van der Waals surface area contributed by atoms with Gasteiger partial charge in [0.2, 0.25) is 15.0 Å². The molecule has 9 nitrogen and oxygen atoms in total. The minimum Gasteiger partial charge on any atom is -0.493 e. The number of alkyl halides is 3. The molecule has 0 bridgehead atoms. The third-order valence-electron chi connectivity index (χ3n) is 5.43. The maximum absolute atomic E-state index is 13.7. The summed E-state index contributed by atoms with van der Waals surface area (Å²) in [6, 6.07) is 11.1. The Hall–Kier alpha value is -4.26. The van der Waals surface area contributed by atoms with Gasteiger partial charge in [0.25, 0.3) is 5.56 Å². The van der Waals surface area contributed by atoms with Crippen molar-refractivity contribution in [2.24, 2.45) is 0 Å². The number of benzene rings is 1. The SMILES string of the molecule is COc1ccc(Cn2cc(-c3cc(C(F)(F)F)nc(S(=O)(=O)Cc4cccnc4)n3)ccc2=O)cc1OC. The van der Waals surface area contributed by atoms with E-state index < -0.39 is 38.2 Å². The van der Waals surface area contributed by atoms with E-state index in [1.807, 2.05) is 0 Å². The molecule has 4 rings (SSSR count). The van der Waals surface area contributed by atoms with Crippen molar-refractivity contribution < 1.29 is 31.1 Å². The number of hydrogen-bond donors (Lipinski definition) is 0. The summed E-state index contributed by atoms with van der Waals surface area (Å²) < 4.78 is 78.6. The molecule has 0 atom stereocenters. The summed E-state index contributed by atoms with van der Waals surface area (Å²) in [4.78, 5) is 23.6. The largest absolute Gasteiger partial charge is 0.493 e. The van der Waals surface area contributed by atoms with Crippen molar-refractivity contribution in [1.29, 1.82) is 0 Å². The van der Waals surface area contributed by atoms with Gasteiger partial charge in [-0.3, -0.25) is 9.78 Å². The molecule has 0 radical (unpaired) electrons. The monoisotopic (exact) mass is 546 g/mol. The number of pyridine rings is 2. The lowest BCUT2D eigenvalue weighted by Crippen LogP contribution is -2.20. The van der Waals surface area contributed by atoms with Crippen LogP contribution in [0, 0.1) is 0 Å². The van der Waals surface area contributed by atoms with Gasteiger partial charge in [-0.1, -0.05) is 12.1 Å². The van der Waals surface area contributed by atoms with Crippen LogP contribution in [0.4, 0.5) is 13.2 Å². The summed E-state index contributed by atoms with van der Waals surface area (Å²) in [5.74, 6) is 0.279. The first-order chi connectivity index (χ1) is 18.0. The smallest absolute Gasteiger partial charge is 0.433 e. The summed E-state index contributed by atoms with van der Waals surface area (Å²) in [5, 5.41) is -0.983.